The summed E-state index contributed by atoms with van der Waals surface area (Å²) in [5.74, 6) is -1.39. The minimum atomic E-state index is -1.30. The number of carbonyl (C=O) groups excluding carboxylic acids is 2. The molecular formula is C31H22BrN5O5. The van der Waals surface area contributed by atoms with Gasteiger partial charge in [-0.2, -0.15) is 5.10 Å². The Morgan fingerprint density at radius 1 is 1.00 bits per heavy atom. The van der Waals surface area contributed by atoms with Gasteiger partial charge in [-0.05, 0) is 52.3 Å². The van der Waals surface area contributed by atoms with E-state index in [2.05, 4.69) is 26.2 Å². The smallest absolute Gasteiger partial charge is 0.331 e. The summed E-state index contributed by atoms with van der Waals surface area (Å²) in [6.45, 7) is 0. The van der Waals surface area contributed by atoms with Crippen molar-refractivity contribution in [3.63, 3.8) is 0 Å². The highest BCUT2D eigenvalue weighted by Crippen LogP contribution is 2.29. The van der Waals surface area contributed by atoms with E-state index >= 15 is 0 Å². The first-order chi connectivity index (χ1) is 20.4. The van der Waals surface area contributed by atoms with Gasteiger partial charge in [-0.15, -0.1) is 0 Å². The van der Waals surface area contributed by atoms with Gasteiger partial charge in [-0.1, -0.05) is 48.5 Å². The third-order valence-corrected chi connectivity index (χ3v) is 6.75. The molecule has 42 heavy (non-hydrogen) atoms. The van der Waals surface area contributed by atoms with Crippen molar-refractivity contribution >= 4 is 45.3 Å². The largest absolute Gasteiger partial charge is 0.444 e. The number of rotatable bonds is 9. The summed E-state index contributed by atoms with van der Waals surface area (Å²) >= 11 is 3.25. The molecule has 1 unspecified atom stereocenters. The molecule has 0 bridgehead atoms. The molecule has 3 aromatic carbocycles. The van der Waals surface area contributed by atoms with Gasteiger partial charge < -0.3 is 10.1 Å². The van der Waals surface area contributed by atoms with E-state index in [0.29, 0.717) is 21.3 Å². The maximum atomic E-state index is 13.3. The molecule has 2 heterocycles. The fraction of sp³-hybridized carbons (Fsp3) is 0.0323. The lowest BCUT2D eigenvalue weighted by molar-refractivity contribution is -0.384. The third-order valence-electron chi connectivity index (χ3n) is 6.09. The summed E-state index contributed by atoms with van der Waals surface area (Å²) in [6, 6.07) is 25.7. The number of esters is 1. The van der Waals surface area contributed by atoms with E-state index in [1.54, 1.807) is 65.7 Å². The summed E-state index contributed by atoms with van der Waals surface area (Å²) in [5.41, 5.74) is 3.43. The molecule has 1 amide bonds. The zero-order valence-electron chi connectivity index (χ0n) is 21.8. The molecule has 0 aliphatic heterocycles. The topological polar surface area (TPSA) is 129 Å². The van der Waals surface area contributed by atoms with Gasteiger partial charge in [0.15, 0.2) is 0 Å². The molecule has 11 heteroatoms. The molecule has 0 spiro atoms. The lowest BCUT2D eigenvalue weighted by atomic mass is 10.1. The molecule has 0 fully saturated rings. The number of ether oxygens (including phenoxy) is 1. The van der Waals surface area contributed by atoms with Crippen molar-refractivity contribution in [2.75, 3.05) is 5.32 Å². The van der Waals surface area contributed by atoms with Crippen molar-refractivity contribution < 1.29 is 19.2 Å². The van der Waals surface area contributed by atoms with Crippen LogP contribution < -0.4 is 5.32 Å². The van der Waals surface area contributed by atoms with Gasteiger partial charge in [-0.25, -0.2) is 9.48 Å². The maximum absolute atomic E-state index is 13.3. The summed E-state index contributed by atoms with van der Waals surface area (Å²) < 4.78 is 7.64. The highest BCUT2D eigenvalue weighted by molar-refractivity contribution is 9.10. The standard InChI is InChI=1S/C31H22BrN5O5/c32-26-18-25(37(40)41)14-15-27(26)34-31(39)30(21-8-3-1-4-9-21)42-28(38)16-13-23-20-36(24-11-5-2-6-12-24)35-29(23)22-10-7-17-33-19-22/h1-20,30H,(H,34,39). The Balaban J connectivity index is 1.40. The maximum Gasteiger partial charge on any atom is 0.331 e. The fourth-order valence-electron chi connectivity index (χ4n) is 4.08. The van der Waals surface area contributed by atoms with Crippen molar-refractivity contribution in [1.29, 1.82) is 0 Å². The first-order valence-electron chi connectivity index (χ1n) is 12.6. The lowest BCUT2D eigenvalue weighted by Crippen LogP contribution is -2.25. The van der Waals surface area contributed by atoms with Crippen LogP contribution >= 0.6 is 15.9 Å². The molecule has 2 aromatic heterocycles. The number of hydrogen-bond acceptors (Lipinski definition) is 7. The minimum Gasteiger partial charge on any atom is -0.444 e. The van der Waals surface area contributed by atoms with Gasteiger partial charge in [0.1, 0.15) is 5.69 Å². The zero-order chi connectivity index (χ0) is 29.5. The van der Waals surface area contributed by atoms with Crippen molar-refractivity contribution in [3.8, 4) is 16.9 Å². The normalized spacial score (nSPS) is 11.6. The Bertz CT molecular complexity index is 1760. The number of aromatic nitrogens is 3. The van der Waals surface area contributed by atoms with Gasteiger partial charge in [-0.3, -0.25) is 19.9 Å². The molecule has 5 aromatic rings. The van der Waals surface area contributed by atoms with E-state index < -0.39 is 22.9 Å². The molecule has 0 saturated carbocycles. The molecule has 1 atom stereocenters. The molecule has 0 aliphatic rings. The highest BCUT2D eigenvalue weighted by Gasteiger charge is 2.25. The quantitative estimate of drug-likeness (QED) is 0.0853. The predicted octanol–water partition coefficient (Wildman–Crippen LogP) is 6.54. The van der Waals surface area contributed by atoms with E-state index in [9.17, 15) is 19.7 Å². The van der Waals surface area contributed by atoms with Crippen LogP contribution in [0.2, 0.25) is 0 Å². The van der Waals surface area contributed by atoms with E-state index in [1.165, 1.54) is 24.3 Å². The van der Waals surface area contributed by atoms with Gasteiger partial charge in [0.05, 0.1) is 16.3 Å². The molecular weight excluding hydrogens is 602 g/mol. The van der Waals surface area contributed by atoms with Crippen molar-refractivity contribution in [3.05, 3.63) is 141 Å². The Morgan fingerprint density at radius 3 is 2.40 bits per heavy atom. The number of para-hydroxylation sites is 1. The van der Waals surface area contributed by atoms with Crippen LogP contribution in [0.5, 0.6) is 0 Å². The van der Waals surface area contributed by atoms with Gasteiger partial charge >= 0.3 is 5.97 Å². The number of non-ortho nitro benzene ring substituents is 1. The van der Waals surface area contributed by atoms with Crippen LogP contribution in [0.25, 0.3) is 23.0 Å². The number of nitrogens with zero attached hydrogens (tertiary/aromatic N) is 4. The Hall–Kier alpha value is -5.42. The fourth-order valence-corrected chi connectivity index (χ4v) is 4.55. The number of hydrogen-bond donors (Lipinski definition) is 1. The van der Waals surface area contributed by atoms with Crippen LogP contribution in [-0.2, 0) is 14.3 Å². The monoisotopic (exact) mass is 623 g/mol. The van der Waals surface area contributed by atoms with E-state index in [1.807, 2.05) is 36.4 Å². The number of halogens is 1. The van der Waals surface area contributed by atoms with Crippen LogP contribution in [0.4, 0.5) is 11.4 Å². The number of amides is 1. The minimum absolute atomic E-state index is 0.141. The molecule has 0 aliphatic carbocycles. The molecule has 0 radical (unpaired) electrons. The number of anilines is 1. The number of nitro benzene ring substituents is 1. The molecule has 208 valence electrons. The summed E-state index contributed by atoms with van der Waals surface area (Å²) in [6.07, 6.45) is 6.64. The van der Waals surface area contributed by atoms with Gasteiger partial charge in [0.25, 0.3) is 11.6 Å². The van der Waals surface area contributed by atoms with Crippen LogP contribution in [0, 0.1) is 10.1 Å². The first-order valence-corrected chi connectivity index (χ1v) is 13.4. The van der Waals surface area contributed by atoms with Crippen LogP contribution in [-0.4, -0.2) is 31.6 Å². The Kier molecular flexibility index (Phi) is 8.59. The number of benzene rings is 3. The van der Waals surface area contributed by atoms with Crippen LogP contribution in [0.3, 0.4) is 0 Å². The van der Waals surface area contributed by atoms with Crippen molar-refractivity contribution in [1.82, 2.24) is 14.8 Å². The number of carbonyl (C=O) groups is 2. The summed E-state index contributed by atoms with van der Waals surface area (Å²) in [7, 11) is 0. The summed E-state index contributed by atoms with van der Waals surface area (Å²) in [4.78, 5) is 41.1. The Labute approximate surface area is 248 Å². The number of nitro groups is 1. The highest BCUT2D eigenvalue weighted by atomic mass is 79.9. The van der Waals surface area contributed by atoms with Crippen LogP contribution in [0.1, 0.15) is 17.2 Å². The molecule has 1 N–H and O–H groups in total. The lowest BCUT2D eigenvalue weighted by Gasteiger charge is -2.18. The molecule has 0 saturated heterocycles. The molecule has 5 rings (SSSR count). The van der Waals surface area contributed by atoms with Crippen molar-refractivity contribution in [2.45, 2.75) is 6.10 Å². The first kappa shape index (κ1) is 28.1. The van der Waals surface area contributed by atoms with E-state index in [-0.39, 0.29) is 11.4 Å². The average molecular weight is 624 g/mol. The SMILES string of the molecule is O=C(C=Cc1cn(-c2ccccc2)nc1-c1cccnc1)OC(C(=O)Nc1ccc([N+](=O)[O-])cc1Br)c1ccccc1. The zero-order valence-corrected chi connectivity index (χ0v) is 23.4. The van der Waals surface area contributed by atoms with E-state index in [0.717, 1.165) is 11.3 Å². The van der Waals surface area contributed by atoms with Gasteiger partial charge in [0, 0.05) is 58.0 Å². The second-order valence-electron chi connectivity index (χ2n) is 8.93. The average Bonchev–Trinajstić information content (AvgIpc) is 3.45. The summed E-state index contributed by atoms with van der Waals surface area (Å²) in [5, 5.41) is 18.4. The Morgan fingerprint density at radius 2 is 1.74 bits per heavy atom. The van der Waals surface area contributed by atoms with E-state index in [4.69, 9.17) is 9.84 Å². The second kappa shape index (κ2) is 12.8. The molecule has 10 nitrogen and oxygen atoms in total. The van der Waals surface area contributed by atoms with Crippen LogP contribution in [0.15, 0.2) is 120 Å². The van der Waals surface area contributed by atoms with Gasteiger partial charge in [0.2, 0.25) is 6.10 Å². The number of nitrogens with one attached hydrogen (secondary N) is 1. The third kappa shape index (κ3) is 6.65. The second-order valence-corrected chi connectivity index (χ2v) is 9.78. The van der Waals surface area contributed by atoms with Crippen molar-refractivity contribution in [2.24, 2.45) is 0 Å². The predicted molar refractivity (Wildman–Crippen MR) is 161 cm³/mol. The number of pyridine rings is 1.